The SMILES string of the molecule is CC(C)Cn1c(=O)sc2cc([N+](=O)[O-])ccc21. The van der Waals surface area contributed by atoms with Gasteiger partial charge in [0.2, 0.25) is 0 Å². The van der Waals surface area contributed by atoms with Crippen molar-refractivity contribution in [1.82, 2.24) is 4.57 Å². The number of rotatable bonds is 3. The maximum absolute atomic E-state index is 11.8. The number of nitro groups is 1. The molecular weight excluding hydrogens is 240 g/mol. The number of aromatic nitrogens is 1. The minimum Gasteiger partial charge on any atom is -0.298 e. The molecule has 0 unspecified atom stereocenters. The summed E-state index contributed by atoms with van der Waals surface area (Å²) < 4.78 is 2.35. The molecule has 0 saturated heterocycles. The molecule has 0 aliphatic rings. The fourth-order valence-electron chi connectivity index (χ4n) is 1.71. The molecule has 1 heterocycles. The lowest BCUT2D eigenvalue weighted by atomic mass is 10.2. The second-order valence-electron chi connectivity index (χ2n) is 4.28. The fraction of sp³-hybridized carbons (Fsp3) is 0.364. The van der Waals surface area contributed by atoms with E-state index in [4.69, 9.17) is 0 Å². The van der Waals surface area contributed by atoms with E-state index in [-0.39, 0.29) is 10.6 Å². The largest absolute Gasteiger partial charge is 0.308 e. The van der Waals surface area contributed by atoms with Crippen LogP contribution in [0.2, 0.25) is 0 Å². The first kappa shape index (κ1) is 11.8. The molecule has 0 spiro atoms. The normalized spacial score (nSPS) is 11.2. The van der Waals surface area contributed by atoms with Gasteiger partial charge in [0.1, 0.15) is 0 Å². The molecule has 17 heavy (non-hydrogen) atoms. The van der Waals surface area contributed by atoms with Crippen LogP contribution < -0.4 is 4.87 Å². The topological polar surface area (TPSA) is 65.1 Å². The summed E-state index contributed by atoms with van der Waals surface area (Å²) in [6.45, 7) is 4.69. The van der Waals surface area contributed by atoms with Gasteiger partial charge < -0.3 is 0 Å². The number of nitrogens with zero attached hydrogens (tertiary/aromatic N) is 2. The number of benzene rings is 1. The number of fused-ring (bicyclic) bond motifs is 1. The van der Waals surface area contributed by atoms with Crippen LogP contribution in [-0.2, 0) is 6.54 Å². The van der Waals surface area contributed by atoms with Gasteiger partial charge in [-0.05, 0) is 12.0 Å². The standard InChI is InChI=1S/C11H12N2O3S/c1-7(2)6-12-9-4-3-8(13(15)16)5-10(9)17-11(12)14/h3-5,7H,6H2,1-2H3. The Hall–Kier alpha value is -1.69. The van der Waals surface area contributed by atoms with Gasteiger partial charge in [0.15, 0.2) is 0 Å². The molecule has 5 nitrogen and oxygen atoms in total. The predicted octanol–water partition coefficient (Wildman–Crippen LogP) is 2.63. The van der Waals surface area contributed by atoms with E-state index in [2.05, 4.69) is 0 Å². The molecule has 6 heteroatoms. The molecule has 0 bridgehead atoms. The average molecular weight is 252 g/mol. The lowest BCUT2D eigenvalue weighted by Gasteiger charge is -2.05. The highest BCUT2D eigenvalue weighted by Gasteiger charge is 2.12. The van der Waals surface area contributed by atoms with Gasteiger partial charge in [0.05, 0.1) is 15.1 Å². The molecule has 0 atom stereocenters. The van der Waals surface area contributed by atoms with E-state index >= 15 is 0 Å². The van der Waals surface area contributed by atoms with Gasteiger partial charge >= 0.3 is 4.87 Å². The summed E-state index contributed by atoms with van der Waals surface area (Å²) in [6, 6.07) is 4.54. The van der Waals surface area contributed by atoms with E-state index in [1.165, 1.54) is 12.1 Å². The quantitative estimate of drug-likeness (QED) is 0.623. The molecule has 1 aromatic heterocycles. The third kappa shape index (κ3) is 2.21. The highest BCUT2D eigenvalue weighted by molar-refractivity contribution is 7.16. The molecule has 0 radical (unpaired) electrons. The van der Waals surface area contributed by atoms with E-state index in [9.17, 15) is 14.9 Å². The van der Waals surface area contributed by atoms with Crippen molar-refractivity contribution in [1.29, 1.82) is 0 Å². The Morgan fingerprint density at radius 1 is 1.47 bits per heavy atom. The number of hydrogen-bond acceptors (Lipinski definition) is 4. The summed E-state index contributed by atoms with van der Waals surface area (Å²) in [6.07, 6.45) is 0. The molecule has 0 fully saturated rings. The van der Waals surface area contributed by atoms with Crippen LogP contribution in [0.1, 0.15) is 13.8 Å². The van der Waals surface area contributed by atoms with Gasteiger partial charge in [-0.25, -0.2) is 0 Å². The van der Waals surface area contributed by atoms with Crippen LogP contribution in [0.5, 0.6) is 0 Å². The molecule has 0 aliphatic carbocycles. The van der Waals surface area contributed by atoms with Crippen molar-refractivity contribution < 1.29 is 4.92 Å². The Morgan fingerprint density at radius 2 is 2.18 bits per heavy atom. The maximum atomic E-state index is 11.8. The van der Waals surface area contributed by atoms with Crippen molar-refractivity contribution in [3.8, 4) is 0 Å². The van der Waals surface area contributed by atoms with E-state index in [1.54, 1.807) is 10.6 Å². The Kier molecular flexibility index (Phi) is 2.97. The van der Waals surface area contributed by atoms with Crippen LogP contribution in [0.15, 0.2) is 23.0 Å². The number of thiazole rings is 1. The molecule has 2 aromatic rings. The van der Waals surface area contributed by atoms with E-state index in [0.29, 0.717) is 17.2 Å². The smallest absolute Gasteiger partial charge is 0.298 e. The molecule has 1 aromatic carbocycles. The zero-order valence-corrected chi connectivity index (χ0v) is 10.4. The Balaban J connectivity index is 2.60. The summed E-state index contributed by atoms with van der Waals surface area (Å²) in [7, 11) is 0. The summed E-state index contributed by atoms with van der Waals surface area (Å²) >= 11 is 1.06. The highest BCUT2D eigenvalue weighted by Crippen LogP contribution is 2.23. The molecular formula is C11H12N2O3S. The molecule has 2 rings (SSSR count). The van der Waals surface area contributed by atoms with Crippen LogP contribution in [0.3, 0.4) is 0 Å². The van der Waals surface area contributed by atoms with Crippen LogP contribution in [-0.4, -0.2) is 9.49 Å². The van der Waals surface area contributed by atoms with Crippen molar-refractivity contribution in [3.63, 3.8) is 0 Å². The first-order valence-corrected chi connectivity index (χ1v) is 6.08. The summed E-state index contributed by atoms with van der Waals surface area (Å²) in [5.74, 6) is 0.362. The van der Waals surface area contributed by atoms with Crippen molar-refractivity contribution >= 4 is 27.2 Å². The first-order valence-electron chi connectivity index (χ1n) is 5.27. The van der Waals surface area contributed by atoms with Crippen LogP contribution in [0, 0.1) is 16.0 Å². The predicted molar refractivity (Wildman–Crippen MR) is 67.6 cm³/mol. The van der Waals surface area contributed by atoms with E-state index < -0.39 is 4.92 Å². The average Bonchev–Trinajstić information content (AvgIpc) is 2.54. The second-order valence-corrected chi connectivity index (χ2v) is 5.27. The summed E-state index contributed by atoms with van der Waals surface area (Å²) in [4.78, 5) is 21.9. The molecule has 90 valence electrons. The van der Waals surface area contributed by atoms with Gasteiger partial charge in [-0.3, -0.25) is 19.5 Å². The lowest BCUT2D eigenvalue weighted by molar-refractivity contribution is -0.384. The number of non-ortho nitro benzene ring substituents is 1. The van der Waals surface area contributed by atoms with Crippen molar-refractivity contribution in [2.75, 3.05) is 0 Å². The fourth-order valence-corrected chi connectivity index (χ4v) is 2.64. The van der Waals surface area contributed by atoms with E-state index in [0.717, 1.165) is 16.9 Å². The molecule has 0 amide bonds. The minimum absolute atomic E-state index is 0.0236. The Bertz CT molecular complexity index is 627. The van der Waals surface area contributed by atoms with Gasteiger partial charge in [-0.2, -0.15) is 0 Å². The third-order valence-corrected chi connectivity index (χ3v) is 3.35. The van der Waals surface area contributed by atoms with Gasteiger partial charge in [0, 0.05) is 18.7 Å². The minimum atomic E-state index is -0.448. The number of hydrogen-bond donors (Lipinski definition) is 0. The van der Waals surface area contributed by atoms with Gasteiger partial charge in [-0.15, -0.1) is 0 Å². The Morgan fingerprint density at radius 3 is 2.76 bits per heavy atom. The third-order valence-electron chi connectivity index (χ3n) is 2.41. The van der Waals surface area contributed by atoms with Gasteiger partial charge in [0.25, 0.3) is 5.69 Å². The van der Waals surface area contributed by atoms with Crippen molar-refractivity contribution in [3.05, 3.63) is 38.0 Å². The van der Waals surface area contributed by atoms with Gasteiger partial charge in [-0.1, -0.05) is 25.2 Å². The lowest BCUT2D eigenvalue weighted by Crippen LogP contribution is -2.15. The molecule has 0 aliphatic heterocycles. The molecule has 0 saturated carbocycles. The van der Waals surface area contributed by atoms with E-state index in [1.807, 2.05) is 13.8 Å². The van der Waals surface area contributed by atoms with Crippen LogP contribution in [0.4, 0.5) is 5.69 Å². The number of nitro benzene ring substituents is 1. The first-order chi connectivity index (χ1) is 7.99. The summed E-state index contributed by atoms with van der Waals surface area (Å²) in [5.41, 5.74) is 0.801. The Labute approximate surface area is 101 Å². The zero-order chi connectivity index (χ0) is 12.6. The zero-order valence-electron chi connectivity index (χ0n) is 9.54. The molecule has 0 N–H and O–H groups in total. The van der Waals surface area contributed by atoms with Crippen LogP contribution >= 0.6 is 11.3 Å². The second kappa shape index (κ2) is 4.29. The summed E-state index contributed by atoms with van der Waals surface area (Å²) in [5, 5.41) is 10.6. The maximum Gasteiger partial charge on any atom is 0.308 e. The van der Waals surface area contributed by atoms with Crippen LogP contribution in [0.25, 0.3) is 10.2 Å². The van der Waals surface area contributed by atoms with Crippen molar-refractivity contribution in [2.24, 2.45) is 5.92 Å². The monoisotopic (exact) mass is 252 g/mol. The van der Waals surface area contributed by atoms with Crippen molar-refractivity contribution in [2.45, 2.75) is 20.4 Å². The highest BCUT2D eigenvalue weighted by atomic mass is 32.1.